The molecule has 0 aromatic carbocycles. The molecule has 0 amide bonds. The van der Waals surface area contributed by atoms with Crippen LogP contribution in [0.1, 0.15) is 0 Å². The van der Waals surface area contributed by atoms with Crippen LogP contribution >= 0.6 is 0 Å². The minimum absolute atomic E-state index is 0.882. The topological polar surface area (TPSA) is 97.4 Å². The molecule has 0 atom stereocenters. The van der Waals surface area contributed by atoms with E-state index in [4.69, 9.17) is 0 Å². The highest BCUT2D eigenvalue weighted by molar-refractivity contribution is 5.68. The number of hydrogen-bond donors (Lipinski definition) is 0. The first-order valence-electron chi connectivity index (χ1n) is 1.64. The van der Waals surface area contributed by atoms with E-state index >= 15 is 0 Å². The van der Waals surface area contributed by atoms with Crippen LogP contribution in [-0.4, -0.2) is 17.5 Å². The molecule has 46 valence electrons. The van der Waals surface area contributed by atoms with E-state index in [2.05, 4.69) is 5.43 Å². The molecule has 0 rings (SSSR count). The quantitative estimate of drug-likeness (QED) is 0.326. The van der Waals surface area contributed by atoms with Gasteiger partial charge in [-0.25, -0.2) is 0 Å². The van der Waals surface area contributed by atoms with Crippen LogP contribution in [0.15, 0.2) is 0 Å². The van der Waals surface area contributed by atoms with Gasteiger partial charge in [-0.1, -0.05) is 0 Å². The molecule has 0 radical (unpaired) electrons. The molecule has 0 unspecified atom stereocenters. The third kappa shape index (κ3) is 4.67. The Morgan fingerprint density at radius 2 is 2.25 bits per heavy atom. The summed E-state index contributed by atoms with van der Waals surface area (Å²) in [6, 6.07) is 0. The zero-order valence-electron chi connectivity index (χ0n) is 3.73. The van der Waals surface area contributed by atoms with Gasteiger partial charge in [0, 0.05) is 5.97 Å². The smallest absolute Gasteiger partial charge is 0.0283 e. The maximum Gasteiger partial charge on any atom is 0.0283 e. The summed E-state index contributed by atoms with van der Waals surface area (Å²) in [6.45, 7) is -0.882. The fraction of sp³-hybridized carbons (Fsp3) is 0.500. The highest BCUT2D eigenvalue weighted by Gasteiger charge is 1.76. The lowest BCUT2D eigenvalue weighted by Crippen LogP contribution is -2.26. The minimum atomic E-state index is -1.55. The number of nitro groups is 1. The molecule has 0 bridgehead atoms. The highest BCUT2D eigenvalue weighted by atomic mass is 16.7. The Balaban J connectivity index is 3.18. The summed E-state index contributed by atoms with van der Waals surface area (Å²) in [5, 5.41) is 17.6. The second kappa shape index (κ2) is 2.78. The fourth-order valence-electron chi connectivity index (χ4n) is 0.115. The second-order valence-electron chi connectivity index (χ2n) is 0.909. The normalized spacial score (nSPS) is 8.00. The van der Waals surface area contributed by atoms with Crippen molar-refractivity contribution in [2.75, 3.05) is 6.54 Å². The van der Waals surface area contributed by atoms with Crippen molar-refractivity contribution >= 4 is 5.97 Å². The van der Waals surface area contributed by atoms with Gasteiger partial charge in [0.15, 0.2) is 0 Å². The van der Waals surface area contributed by atoms with Gasteiger partial charge in [-0.3, -0.25) is 10.1 Å². The first-order valence-corrected chi connectivity index (χ1v) is 1.64. The van der Waals surface area contributed by atoms with E-state index in [0.29, 0.717) is 0 Å². The summed E-state index contributed by atoms with van der Waals surface area (Å²) >= 11 is 0. The monoisotopic (exact) mass is 118 g/mol. The third-order valence-corrected chi connectivity index (χ3v) is 0.315. The molecule has 6 nitrogen and oxygen atoms in total. The van der Waals surface area contributed by atoms with Gasteiger partial charge in [0.25, 0.3) is 0 Å². The van der Waals surface area contributed by atoms with E-state index in [9.17, 15) is 20.0 Å². The van der Waals surface area contributed by atoms with E-state index < -0.39 is 17.5 Å². The van der Waals surface area contributed by atoms with E-state index in [-0.39, 0.29) is 0 Å². The number of aliphatic carboxylic acids is 1. The second-order valence-corrected chi connectivity index (χ2v) is 0.909. The molecule has 0 heterocycles. The van der Waals surface area contributed by atoms with Crippen LogP contribution in [-0.2, 0) is 4.79 Å². The van der Waals surface area contributed by atoms with Crippen LogP contribution in [0.3, 0.4) is 0 Å². The van der Waals surface area contributed by atoms with Gasteiger partial charge in [-0.05, 0) is 11.6 Å². The predicted molar refractivity (Wildman–Crippen MR) is 20.2 cm³/mol. The van der Waals surface area contributed by atoms with Gasteiger partial charge in [-0.15, -0.1) is 0 Å². The number of carbonyl (C=O) groups excluding carboxylic acids is 1. The van der Waals surface area contributed by atoms with Gasteiger partial charge in [0.2, 0.25) is 0 Å². The molecule has 0 aromatic rings. The standard InChI is InChI=1S/C2H3N2O4/c5-2(6)1-3-4(7)8/h1H2,(H,5,6)/q-1/p-1. The molecule has 0 aliphatic carbocycles. The lowest BCUT2D eigenvalue weighted by molar-refractivity contribution is -0.427. The first-order chi connectivity index (χ1) is 3.63. The van der Waals surface area contributed by atoms with E-state index in [1.807, 2.05) is 0 Å². The Morgan fingerprint density at radius 1 is 1.75 bits per heavy atom. The molecule has 0 saturated heterocycles. The number of rotatable bonds is 3. The first kappa shape index (κ1) is 6.67. The van der Waals surface area contributed by atoms with Crippen LogP contribution in [0.2, 0.25) is 0 Å². The van der Waals surface area contributed by atoms with Gasteiger partial charge in [-0.2, -0.15) is 0 Å². The van der Waals surface area contributed by atoms with Gasteiger partial charge in [0.1, 0.15) is 0 Å². The van der Waals surface area contributed by atoms with Crippen LogP contribution in [0, 0.1) is 10.1 Å². The Bertz CT molecular complexity index is 96.6. The molecule has 0 fully saturated rings. The Morgan fingerprint density at radius 3 is 2.38 bits per heavy atom. The number of nitrogens with zero attached hydrogens (tertiary/aromatic N) is 2. The van der Waals surface area contributed by atoms with Crippen molar-refractivity contribution in [3.05, 3.63) is 15.5 Å². The largest absolute Gasteiger partial charge is 0.552 e. The van der Waals surface area contributed by atoms with Crippen molar-refractivity contribution in [3.8, 4) is 0 Å². The molecule has 0 aliphatic rings. The number of carbonyl (C=O) groups is 1. The molecule has 0 N–H and O–H groups in total. The third-order valence-electron chi connectivity index (χ3n) is 0.315. The SMILES string of the molecule is O=C([O-])C[N-][N+](=O)[O-]. The van der Waals surface area contributed by atoms with Crippen LogP contribution < -0.4 is 5.11 Å². The average Bonchev–Trinajstić information content (AvgIpc) is 1.61. The van der Waals surface area contributed by atoms with Gasteiger partial charge < -0.3 is 15.3 Å². The maximum absolute atomic E-state index is 9.39. The summed E-state index contributed by atoms with van der Waals surface area (Å²) in [7, 11) is 0. The van der Waals surface area contributed by atoms with E-state index in [1.54, 1.807) is 0 Å². The molecule has 0 aromatic heterocycles. The molecule has 0 saturated carbocycles. The summed E-state index contributed by atoms with van der Waals surface area (Å²) in [5.74, 6) is -1.55. The molecular formula is C2H2N2O4-2. The van der Waals surface area contributed by atoms with E-state index in [0.717, 1.165) is 0 Å². The van der Waals surface area contributed by atoms with Crippen molar-refractivity contribution in [1.82, 2.24) is 0 Å². The van der Waals surface area contributed by atoms with Crippen LogP contribution in [0.5, 0.6) is 0 Å². The Kier molecular flexibility index (Phi) is 2.32. The Hall–Kier alpha value is -1.33. The van der Waals surface area contributed by atoms with Crippen molar-refractivity contribution in [1.29, 1.82) is 0 Å². The van der Waals surface area contributed by atoms with Crippen LogP contribution in [0.25, 0.3) is 5.43 Å². The number of carboxylic acids is 1. The fourth-order valence-corrected chi connectivity index (χ4v) is 0.115. The van der Waals surface area contributed by atoms with Crippen LogP contribution in [0.4, 0.5) is 0 Å². The molecule has 6 heteroatoms. The molecule has 0 aliphatic heterocycles. The van der Waals surface area contributed by atoms with Crippen molar-refractivity contribution in [2.24, 2.45) is 0 Å². The summed E-state index contributed by atoms with van der Waals surface area (Å²) in [4.78, 5) is 18.6. The van der Waals surface area contributed by atoms with Crippen molar-refractivity contribution < 1.29 is 14.9 Å². The van der Waals surface area contributed by atoms with Crippen molar-refractivity contribution in [3.63, 3.8) is 0 Å². The minimum Gasteiger partial charge on any atom is -0.552 e. The average molecular weight is 118 g/mol. The zero-order valence-corrected chi connectivity index (χ0v) is 3.73. The number of carboxylic acid groups (broad SMARTS) is 1. The lowest BCUT2D eigenvalue weighted by atomic mass is 10.7. The lowest BCUT2D eigenvalue weighted by Gasteiger charge is -2.07. The summed E-state index contributed by atoms with van der Waals surface area (Å²) in [5.41, 5.74) is 2.38. The predicted octanol–water partition coefficient (Wildman–Crippen LogP) is -1.70. The summed E-state index contributed by atoms with van der Waals surface area (Å²) < 4.78 is 0. The summed E-state index contributed by atoms with van der Waals surface area (Å²) in [6.07, 6.45) is 0. The van der Waals surface area contributed by atoms with Gasteiger partial charge in [0.05, 0.1) is 0 Å². The van der Waals surface area contributed by atoms with Gasteiger partial charge >= 0.3 is 0 Å². The molecule has 8 heavy (non-hydrogen) atoms. The van der Waals surface area contributed by atoms with Crippen molar-refractivity contribution in [2.45, 2.75) is 0 Å². The Labute approximate surface area is 44.2 Å². The maximum atomic E-state index is 9.39. The highest BCUT2D eigenvalue weighted by Crippen LogP contribution is 1.81. The molecule has 0 spiro atoms. The number of hydrogen-bond acceptors (Lipinski definition) is 4. The zero-order chi connectivity index (χ0) is 6.57. The molecular weight excluding hydrogens is 116 g/mol. The van der Waals surface area contributed by atoms with E-state index in [1.165, 1.54) is 0 Å².